The first-order valence-electron chi connectivity index (χ1n) is 6.29. The fourth-order valence-corrected chi connectivity index (χ4v) is 2.41. The van der Waals surface area contributed by atoms with Crippen LogP contribution in [0.1, 0.15) is 10.4 Å². The Hall–Kier alpha value is -2.45. The van der Waals surface area contributed by atoms with Crippen LogP contribution in [0.3, 0.4) is 0 Å². The second-order valence-electron chi connectivity index (χ2n) is 4.13. The van der Waals surface area contributed by atoms with Gasteiger partial charge in [-0.25, -0.2) is 0 Å². The normalized spacial score (nSPS) is 9.71. The summed E-state index contributed by atoms with van der Waals surface area (Å²) in [5, 5.41) is 11.3. The van der Waals surface area contributed by atoms with Crippen molar-refractivity contribution >= 4 is 23.4 Å². The molecule has 1 amide bonds. The molecule has 2 aromatic rings. The summed E-state index contributed by atoms with van der Waals surface area (Å²) in [7, 11) is 0. The Morgan fingerprint density at radius 2 is 2.10 bits per heavy atom. The quantitative estimate of drug-likeness (QED) is 0.857. The van der Waals surface area contributed by atoms with E-state index in [1.807, 2.05) is 30.5 Å². The molecule has 106 valence electrons. The van der Waals surface area contributed by atoms with Crippen molar-refractivity contribution in [2.45, 2.75) is 4.90 Å². The smallest absolute Gasteiger partial charge is 0.256 e. The van der Waals surface area contributed by atoms with Gasteiger partial charge >= 0.3 is 0 Å². The van der Waals surface area contributed by atoms with E-state index in [1.165, 1.54) is 11.8 Å². The molecule has 5 heteroatoms. The lowest BCUT2D eigenvalue weighted by Crippen LogP contribution is -2.12. The summed E-state index contributed by atoms with van der Waals surface area (Å²) in [6.07, 6.45) is 1.93. The molecule has 0 fully saturated rings. The second-order valence-corrected chi connectivity index (χ2v) is 4.98. The molecule has 0 atom stereocenters. The average molecular weight is 298 g/mol. The van der Waals surface area contributed by atoms with Gasteiger partial charge in [-0.1, -0.05) is 18.2 Å². The maximum atomic E-state index is 12.3. The lowest BCUT2D eigenvalue weighted by Gasteiger charge is -2.09. The molecule has 0 heterocycles. The van der Waals surface area contributed by atoms with Crippen molar-refractivity contribution in [2.75, 3.05) is 18.2 Å². The molecule has 0 bridgehead atoms. The highest BCUT2D eigenvalue weighted by molar-refractivity contribution is 7.98. The van der Waals surface area contributed by atoms with Crippen LogP contribution >= 0.6 is 11.8 Å². The first kappa shape index (κ1) is 14.9. The van der Waals surface area contributed by atoms with Gasteiger partial charge in [0.25, 0.3) is 5.91 Å². The Kier molecular flexibility index (Phi) is 5.24. The largest absolute Gasteiger partial charge is 0.479 e. The van der Waals surface area contributed by atoms with Gasteiger partial charge in [0.15, 0.2) is 6.61 Å². The Bertz CT molecular complexity index is 680. The van der Waals surface area contributed by atoms with Gasteiger partial charge < -0.3 is 10.1 Å². The Labute approximate surface area is 127 Å². The van der Waals surface area contributed by atoms with Crippen LogP contribution in [-0.4, -0.2) is 18.8 Å². The fraction of sp³-hybridized carbons (Fsp3) is 0.125. The van der Waals surface area contributed by atoms with Gasteiger partial charge in [-0.15, -0.1) is 11.8 Å². The molecule has 0 aliphatic carbocycles. The third-order valence-electron chi connectivity index (χ3n) is 2.75. The number of benzene rings is 2. The van der Waals surface area contributed by atoms with Gasteiger partial charge in [0.2, 0.25) is 0 Å². The van der Waals surface area contributed by atoms with Crippen LogP contribution in [0.15, 0.2) is 53.4 Å². The zero-order chi connectivity index (χ0) is 15.1. The molecule has 2 rings (SSSR count). The minimum Gasteiger partial charge on any atom is -0.479 e. The molecular weight excluding hydrogens is 284 g/mol. The third kappa shape index (κ3) is 4.01. The van der Waals surface area contributed by atoms with E-state index in [4.69, 9.17) is 10.00 Å². The molecule has 0 aromatic heterocycles. The Morgan fingerprint density at radius 1 is 1.29 bits per heavy atom. The molecule has 21 heavy (non-hydrogen) atoms. The predicted octanol–water partition coefficient (Wildman–Crippen LogP) is 3.56. The molecule has 0 aliphatic heterocycles. The van der Waals surface area contributed by atoms with Crippen LogP contribution in [0.5, 0.6) is 5.75 Å². The van der Waals surface area contributed by atoms with Crippen molar-refractivity contribution in [1.29, 1.82) is 5.26 Å². The van der Waals surface area contributed by atoms with Crippen LogP contribution in [-0.2, 0) is 0 Å². The Balaban J connectivity index is 2.14. The van der Waals surface area contributed by atoms with Gasteiger partial charge in [0.1, 0.15) is 11.8 Å². The zero-order valence-corrected chi connectivity index (χ0v) is 12.3. The lowest BCUT2D eigenvalue weighted by atomic mass is 10.2. The van der Waals surface area contributed by atoms with Crippen molar-refractivity contribution in [3.8, 4) is 11.8 Å². The minimum absolute atomic E-state index is 0.0211. The van der Waals surface area contributed by atoms with Gasteiger partial charge in [-0.2, -0.15) is 5.26 Å². The summed E-state index contributed by atoms with van der Waals surface area (Å²) in [6.45, 7) is -0.0211. The van der Waals surface area contributed by atoms with Crippen LogP contribution in [0.4, 0.5) is 5.69 Å². The van der Waals surface area contributed by atoms with Crippen LogP contribution < -0.4 is 10.1 Å². The monoisotopic (exact) mass is 298 g/mol. The number of anilines is 1. The molecule has 0 saturated carbocycles. The lowest BCUT2D eigenvalue weighted by molar-refractivity contribution is 0.102. The van der Waals surface area contributed by atoms with E-state index in [0.717, 1.165) is 4.90 Å². The van der Waals surface area contributed by atoms with Crippen molar-refractivity contribution in [3.05, 3.63) is 54.1 Å². The van der Waals surface area contributed by atoms with Crippen LogP contribution in [0.2, 0.25) is 0 Å². The van der Waals surface area contributed by atoms with Crippen LogP contribution in [0, 0.1) is 11.3 Å². The maximum Gasteiger partial charge on any atom is 0.256 e. The summed E-state index contributed by atoms with van der Waals surface area (Å²) < 4.78 is 5.21. The van der Waals surface area contributed by atoms with E-state index in [-0.39, 0.29) is 12.5 Å². The summed E-state index contributed by atoms with van der Waals surface area (Å²) in [5.74, 6) is 0.380. The first-order chi connectivity index (χ1) is 10.2. The zero-order valence-electron chi connectivity index (χ0n) is 11.5. The molecule has 0 unspecified atom stereocenters. The van der Waals surface area contributed by atoms with Crippen molar-refractivity contribution in [1.82, 2.24) is 0 Å². The summed E-state index contributed by atoms with van der Waals surface area (Å²) >= 11 is 1.53. The van der Waals surface area contributed by atoms with Crippen LogP contribution in [0.25, 0.3) is 0 Å². The van der Waals surface area contributed by atoms with Gasteiger partial charge in [0.05, 0.1) is 5.56 Å². The topological polar surface area (TPSA) is 62.1 Å². The van der Waals surface area contributed by atoms with E-state index in [2.05, 4.69) is 5.32 Å². The molecule has 2 aromatic carbocycles. The number of carbonyl (C=O) groups excluding carboxylic acids is 1. The number of nitrogens with zero attached hydrogens (tertiary/aromatic N) is 1. The van der Waals surface area contributed by atoms with E-state index in [9.17, 15) is 4.79 Å². The number of hydrogen-bond donors (Lipinski definition) is 1. The minimum atomic E-state index is -0.169. The molecule has 0 spiro atoms. The van der Waals surface area contributed by atoms with E-state index < -0.39 is 0 Å². The van der Waals surface area contributed by atoms with E-state index in [1.54, 1.807) is 30.3 Å². The molecule has 4 nitrogen and oxygen atoms in total. The number of thioether (sulfide) groups is 1. The van der Waals surface area contributed by atoms with E-state index >= 15 is 0 Å². The molecule has 0 aliphatic rings. The maximum absolute atomic E-state index is 12.3. The highest BCUT2D eigenvalue weighted by Gasteiger charge is 2.10. The SMILES string of the molecule is CSc1ccccc1C(=O)Nc1cccc(OCC#N)c1. The predicted molar refractivity (Wildman–Crippen MR) is 83.7 cm³/mol. The first-order valence-corrected chi connectivity index (χ1v) is 7.51. The summed E-state index contributed by atoms with van der Waals surface area (Å²) in [5.41, 5.74) is 1.26. The number of ether oxygens (including phenoxy) is 1. The highest BCUT2D eigenvalue weighted by atomic mass is 32.2. The summed E-state index contributed by atoms with van der Waals surface area (Å²) in [4.78, 5) is 13.2. The van der Waals surface area contributed by atoms with Gasteiger partial charge in [0, 0.05) is 16.6 Å². The number of hydrogen-bond acceptors (Lipinski definition) is 4. The third-order valence-corrected chi connectivity index (χ3v) is 3.54. The van der Waals surface area contributed by atoms with Gasteiger partial charge in [-0.05, 0) is 30.5 Å². The fourth-order valence-electron chi connectivity index (χ4n) is 1.81. The summed E-state index contributed by atoms with van der Waals surface area (Å²) in [6, 6.07) is 16.3. The van der Waals surface area contributed by atoms with Crippen molar-refractivity contribution in [3.63, 3.8) is 0 Å². The molecule has 1 N–H and O–H groups in total. The molecular formula is C16H14N2O2S. The number of nitriles is 1. The number of carbonyl (C=O) groups is 1. The number of amides is 1. The standard InChI is InChI=1S/C16H14N2O2S/c1-21-15-8-3-2-7-14(15)16(19)18-12-5-4-6-13(11-12)20-10-9-17/h2-8,11H,10H2,1H3,(H,18,19). The number of rotatable bonds is 5. The molecule has 0 saturated heterocycles. The Morgan fingerprint density at radius 3 is 2.86 bits per heavy atom. The average Bonchev–Trinajstić information content (AvgIpc) is 2.53. The number of nitrogens with one attached hydrogen (secondary N) is 1. The highest BCUT2D eigenvalue weighted by Crippen LogP contribution is 2.22. The van der Waals surface area contributed by atoms with E-state index in [0.29, 0.717) is 17.0 Å². The molecule has 0 radical (unpaired) electrons. The second kappa shape index (κ2) is 7.36. The van der Waals surface area contributed by atoms with Gasteiger partial charge in [-0.3, -0.25) is 4.79 Å². The van der Waals surface area contributed by atoms with Crippen molar-refractivity contribution in [2.24, 2.45) is 0 Å². The van der Waals surface area contributed by atoms with Crippen molar-refractivity contribution < 1.29 is 9.53 Å².